The molecular weight excluding hydrogens is 499 g/mol. The van der Waals surface area contributed by atoms with E-state index in [0.717, 1.165) is 17.1 Å². The van der Waals surface area contributed by atoms with E-state index in [-0.39, 0.29) is 28.6 Å². The SMILES string of the molecule is N/C=C\C(=C/N)NC(=O)c1cc2ccc(-c3nc(Nc4ccc5[nH]ncc5c4)ncc3C(F)(F)F)cc2[nH]1. The lowest BCUT2D eigenvalue weighted by Crippen LogP contribution is -2.23. The average molecular weight is 519 g/mol. The maximum absolute atomic E-state index is 13.9. The third-order valence-corrected chi connectivity index (χ3v) is 5.64. The van der Waals surface area contributed by atoms with E-state index in [1.54, 1.807) is 36.5 Å². The lowest BCUT2D eigenvalue weighted by Gasteiger charge is -2.14. The van der Waals surface area contributed by atoms with Gasteiger partial charge in [-0.3, -0.25) is 9.89 Å². The zero-order valence-electron chi connectivity index (χ0n) is 19.5. The molecule has 5 rings (SSSR count). The number of H-pyrrole nitrogens is 2. The molecule has 5 aromatic rings. The maximum Gasteiger partial charge on any atom is 0.419 e. The number of fused-ring (bicyclic) bond motifs is 2. The summed E-state index contributed by atoms with van der Waals surface area (Å²) in [5.41, 5.74) is 11.9. The van der Waals surface area contributed by atoms with Gasteiger partial charge >= 0.3 is 6.18 Å². The van der Waals surface area contributed by atoms with Gasteiger partial charge in [0.15, 0.2) is 0 Å². The van der Waals surface area contributed by atoms with Crippen LogP contribution in [0.4, 0.5) is 24.8 Å². The van der Waals surface area contributed by atoms with Crippen LogP contribution in [0.1, 0.15) is 16.1 Å². The van der Waals surface area contributed by atoms with Crippen molar-refractivity contribution in [3.8, 4) is 11.3 Å². The minimum Gasteiger partial charge on any atom is -0.405 e. The minimum absolute atomic E-state index is 0.0171. The van der Waals surface area contributed by atoms with Crippen molar-refractivity contribution < 1.29 is 18.0 Å². The molecule has 3 heterocycles. The number of nitrogens with zero attached hydrogens (tertiary/aromatic N) is 3. The molecule has 0 unspecified atom stereocenters. The second-order valence-corrected chi connectivity index (χ2v) is 8.17. The van der Waals surface area contributed by atoms with Crippen LogP contribution >= 0.6 is 0 Å². The quantitative estimate of drug-likeness (QED) is 0.182. The van der Waals surface area contributed by atoms with Crippen molar-refractivity contribution in [3.63, 3.8) is 0 Å². The number of amides is 1. The van der Waals surface area contributed by atoms with Gasteiger partial charge in [-0.2, -0.15) is 18.3 Å². The van der Waals surface area contributed by atoms with Gasteiger partial charge in [0.2, 0.25) is 5.95 Å². The molecule has 3 aromatic heterocycles. The van der Waals surface area contributed by atoms with E-state index in [1.165, 1.54) is 30.6 Å². The molecule has 0 spiro atoms. The van der Waals surface area contributed by atoms with Crippen LogP contribution < -0.4 is 22.1 Å². The molecule has 192 valence electrons. The maximum atomic E-state index is 13.9. The lowest BCUT2D eigenvalue weighted by molar-refractivity contribution is -0.137. The average Bonchev–Trinajstić information content (AvgIpc) is 3.54. The monoisotopic (exact) mass is 519 g/mol. The number of carbonyl (C=O) groups excluding carboxylic acids is 1. The molecule has 10 nitrogen and oxygen atoms in total. The Morgan fingerprint density at radius 1 is 1.00 bits per heavy atom. The molecule has 0 aliphatic carbocycles. The lowest BCUT2D eigenvalue weighted by atomic mass is 10.1. The molecule has 38 heavy (non-hydrogen) atoms. The summed E-state index contributed by atoms with van der Waals surface area (Å²) in [6, 6.07) is 11.4. The molecule has 0 saturated heterocycles. The van der Waals surface area contributed by atoms with Crippen molar-refractivity contribution in [1.29, 1.82) is 0 Å². The van der Waals surface area contributed by atoms with Gasteiger partial charge in [0, 0.05) is 39.9 Å². The van der Waals surface area contributed by atoms with Gasteiger partial charge in [-0.25, -0.2) is 9.97 Å². The van der Waals surface area contributed by atoms with Gasteiger partial charge in [0.05, 0.1) is 23.1 Å². The number of nitrogens with one attached hydrogen (secondary N) is 4. The highest BCUT2D eigenvalue weighted by Crippen LogP contribution is 2.37. The van der Waals surface area contributed by atoms with Crippen LogP contribution in [-0.4, -0.2) is 31.1 Å². The van der Waals surface area contributed by atoms with Crippen LogP contribution in [0, 0.1) is 0 Å². The van der Waals surface area contributed by atoms with E-state index < -0.39 is 17.6 Å². The predicted octanol–water partition coefficient (Wildman–Crippen LogP) is 4.27. The number of hydrogen-bond donors (Lipinski definition) is 6. The Bertz CT molecular complexity index is 1720. The molecule has 0 saturated carbocycles. The van der Waals surface area contributed by atoms with E-state index in [1.807, 2.05) is 0 Å². The third kappa shape index (κ3) is 4.84. The number of carbonyl (C=O) groups is 1. The summed E-state index contributed by atoms with van der Waals surface area (Å²) in [6.07, 6.45) is 1.47. The Kier molecular flexibility index (Phi) is 6.16. The largest absolute Gasteiger partial charge is 0.419 e. The number of anilines is 2. The van der Waals surface area contributed by atoms with Crippen molar-refractivity contribution in [2.75, 3.05) is 5.32 Å². The van der Waals surface area contributed by atoms with E-state index in [4.69, 9.17) is 11.5 Å². The number of aromatic nitrogens is 5. The van der Waals surface area contributed by atoms with Crippen molar-refractivity contribution >= 4 is 39.3 Å². The molecule has 0 aliphatic rings. The zero-order chi connectivity index (χ0) is 26.9. The Balaban J connectivity index is 1.50. The van der Waals surface area contributed by atoms with Crippen LogP contribution in [0.2, 0.25) is 0 Å². The number of halogens is 3. The highest BCUT2D eigenvalue weighted by Gasteiger charge is 2.35. The highest BCUT2D eigenvalue weighted by atomic mass is 19.4. The van der Waals surface area contributed by atoms with Crippen LogP contribution in [0.15, 0.2) is 79.0 Å². The summed E-state index contributed by atoms with van der Waals surface area (Å²) >= 11 is 0. The van der Waals surface area contributed by atoms with Gasteiger partial charge in [-0.05, 0) is 42.6 Å². The van der Waals surface area contributed by atoms with Gasteiger partial charge in [0.25, 0.3) is 5.91 Å². The molecule has 13 heteroatoms. The fourth-order valence-electron chi connectivity index (χ4n) is 3.86. The van der Waals surface area contributed by atoms with Crippen molar-refractivity contribution in [2.24, 2.45) is 11.5 Å². The number of aromatic amines is 2. The normalized spacial score (nSPS) is 12.4. The fourth-order valence-corrected chi connectivity index (χ4v) is 3.86. The first-order valence-electron chi connectivity index (χ1n) is 11.1. The summed E-state index contributed by atoms with van der Waals surface area (Å²) in [5.74, 6) is -0.520. The van der Waals surface area contributed by atoms with Crippen molar-refractivity contribution in [3.05, 3.63) is 90.3 Å². The smallest absolute Gasteiger partial charge is 0.405 e. The Morgan fingerprint density at radius 2 is 1.84 bits per heavy atom. The van der Waals surface area contributed by atoms with Crippen molar-refractivity contribution in [2.45, 2.75) is 6.18 Å². The fraction of sp³-hybridized carbons (Fsp3) is 0.0400. The van der Waals surface area contributed by atoms with Crippen LogP contribution in [0.3, 0.4) is 0 Å². The second kappa shape index (κ2) is 9.61. The van der Waals surface area contributed by atoms with Crippen LogP contribution in [0.25, 0.3) is 33.1 Å². The topological polar surface area (TPSA) is 163 Å². The molecule has 0 bridgehead atoms. The Morgan fingerprint density at radius 3 is 2.61 bits per heavy atom. The van der Waals surface area contributed by atoms with E-state index in [9.17, 15) is 18.0 Å². The van der Waals surface area contributed by atoms with E-state index in [0.29, 0.717) is 16.6 Å². The number of alkyl halides is 3. The first-order chi connectivity index (χ1) is 18.2. The standard InChI is InChI=1S/C25H20F3N9O/c26-25(27,28)18-12-31-24(34-16-3-4-19-15(7-16)11-32-37-19)36-22(18)14-2-1-13-8-21(35-20(13)9-14)23(38)33-17(10-30)5-6-29/h1-12,35H,29-30H2,(H,32,37)(H,33,38)(H,31,34,36)/b6-5-,17-10+. The predicted molar refractivity (Wildman–Crippen MR) is 137 cm³/mol. The number of benzene rings is 2. The Hall–Kier alpha value is -5.33. The van der Waals surface area contributed by atoms with E-state index in [2.05, 4.69) is 35.8 Å². The number of rotatable bonds is 6. The highest BCUT2D eigenvalue weighted by molar-refractivity contribution is 5.99. The minimum atomic E-state index is -4.69. The number of hydrogen-bond acceptors (Lipinski definition) is 7. The van der Waals surface area contributed by atoms with E-state index >= 15 is 0 Å². The summed E-state index contributed by atoms with van der Waals surface area (Å²) in [4.78, 5) is 23.6. The van der Waals surface area contributed by atoms with Crippen LogP contribution in [0.5, 0.6) is 0 Å². The molecule has 0 atom stereocenters. The molecular formula is C25H20F3N9O. The summed E-state index contributed by atoms with van der Waals surface area (Å²) in [7, 11) is 0. The third-order valence-electron chi connectivity index (χ3n) is 5.64. The summed E-state index contributed by atoms with van der Waals surface area (Å²) < 4.78 is 41.6. The second-order valence-electron chi connectivity index (χ2n) is 8.17. The van der Waals surface area contributed by atoms with Gasteiger partial charge < -0.3 is 27.1 Å². The number of nitrogens with two attached hydrogens (primary N) is 2. The summed E-state index contributed by atoms with van der Waals surface area (Å²) in [5, 5.41) is 13.7. The molecule has 1 amide bonds. The molecule has 0 radical (unpaired) electrons. The first kappa shape index (κ1) is 24.4. The van der Waals surface area contributed by atoms with Crippen molar-refractivity contribution in [1.82, 2.24) is 30.5 Å². The number of allylic oxidation sites excluding steroid dienone is 1. The van der Waals surface area contributed by atoms with Gasteiger partial charge in [-0.1, -0.05) is 12.1 Å². The van der Waals surface area contributed by atoms with Crippen LogP contribution in [-0.2, 0) is 6.18 Å². The van der Waals surface area contributed by atoms with Gasteiger partial charge in [0.1, 0.15) is 11.3 Å². The Labute approximate surface area is 212 Å². The first-order valence-corrected chi connectivity index (χ1v) is 11.1. The molecule has 0 fully saturated rings. The molecule has 2 aromatic carbocycles. The zero-order valence-corrected chi connectivity index (χ0v) is 19.5. The molecule has 0 aliphatic heterocycles. The molecule has 8 N–H and O–H groups in total. The van der Waals surface area contributed by atoms with Gasteiger partial charge in [-0.15, -0.1) is 0 Å². The summed E-state index contributed by atoms with van der Waals surface area (Å²) in [6.45, 7) is 0.